The number of ether oxygens (including phenoxy) is 2. The van der Waals surface area contributed by atoms with Crippen molar-refractivity contribution in [2.24, 2.45) is 10.7 Å². The molecule has 1 unspecified atom stereocenters. The Morgan fingerprint density at radius 3 is 2.62 bits per heavy atom. The lowest BCUT2D eigenvalue weighted by Crippen LogP contribution is -2.27. The smallest absolute Gasteiger partial charge is 0.193 e. The zero-order chi connectivity index (χ0) is 16.9. The fourth-order valence-electron chi connectivity index (χ4n) is 1.98. The molecule has 3 N–H and O–H groups in total. The Balaban J connectivity index is 0.00000288. The van der Waals surface area contributed by atoms with Gasteiger partial charge in [-0.2, -0.15) is 0 Å². The number of guanidine groups is 1. The van der Waals surface area contributed by atoms with Crippen molar-refractivity contribution in [1.82, 2.24) is 0 Å². The summed E-state index contributed by atoms with van der Waals surface area (Å²) >= 11 is 0. The zero-order valence-corrected chi connectivity index (χ0v) is 17.5. The van der Waals surface area contributed by atoms with Crippen LogP contribution < -0.4 is 20.5 Å². The van der Waals surface area contributed by atoms with Crippen molar-refractivity contribution in [3.05, 3.63) is 18.2 Å². The summed E-state index contributed by atoms with van der Waals surface area (Å²) < 4.78 is 22.9. The standard InChI is InChI=1S/C16H25N3O3S.HI/c1-16(2,3)23(20)10-7-18-15(17)19-12-5-6-13-14(11-12)22-9-4-8-21-13;/h5-6,11H,4,7-10H2,1-3H3,(H3,17,18,19);1H. The van der Waals surface area contributed by atoms with Crippen LogP contribution in [0.25, 0.3) is 0 Å². The number of fused-ring (bicyclic) bond motifs is 1. The van der Waals surface area contributed by atoms with Gasteiger partial charge in [-0.25, -0.2) is 0 Å². The molecule has 2 rings (SSSR count). The van der Waals surface area contributed by atoms with Crippen LogP contribution in [0.2, 0.25) is 0 Å². The Morgan fingerprint density at radius 1 is 1.29 bits per heavy atom. The first-order valence-corrected chi connectivity index (χ1v) is 9.03. The topological polar surface area (TPSA) is 85.9 Å². The van der Waals surface area contributed by atoms with Crippen molar-refractivity contribution in [2.75, 3.05) is 30.8 Å². The molecule has 0 radical (unpaired) electrons. The summed E-state index contributed by atoms with van der Waals surface area (Å²) in [6.45, 7) is 7.57. The molecule has 1 aromatic rings. The molecule has 1 aliphatic rings. The fourth-order valence-corrected chi connectivity index (χ4v) is 2.85. The molecule has 0 aliphatic carbocycles. The molecule has 1 heterocycles. The van der Waals surface area contributed by atoms with Crippen molar-refractivity contribution in [3.63, 3.8) is 0 Å². The molecule has 1 atom stereocenters. The second-order valence-corrected chi connectivity index (χ2v) is 8.59. The van der Waals surface area contributed by atoms with E-state index in [0.29, 0.717) is 37.2 Å². The quantitative estimate of drug-likeness (QED) is 0.404. The highest BCUT2D eigenvalue weighted by Crippen LogP contribution is 2.32. The van der Waals surface area contributed by atoms with Crippen molar-refractivity contribution in [2.45, 2.75) is 31.9 Å². The van der Waals surface area contributed by atoms with E-state index in [2.05, 4.69) is 10.3 Å². The molecule has 24 heavy (non-hydrogen) atoms. The molecule has 8 heteroatoms. The minimum Gasteiger partial charge on any atom is -0.490 e. The predicted molar refractivity (Wildman–Crippen MR) is 110 cm³/mol. The number of nitrogens with zero attached hydrogens (tertiary/aromatic N) is 1. The van der Waals surface area contributed by atoms with E-state index >= 15 is 0 Å². The van der Waals surface area contributed by atoms with Gasteiger partial charge < -0.3 is 20.5 Å². The van der Waals surface area contributed by atoms with Crippen molar-refractivity contribution < 1.29 is 13.7 Å². The molecule has 0 amide bonds. The maximum atomic E-state index is 11.9. The monoisotopic (exact) mass is 467 g/mol. The Labute approximate surface area is 163 Å². The summed E-state index contributed by atoms with van der Waals surface area (Å²) in [7, 11) is -0.931. The molecule has 0 saturated heterocycles. The average Bonchev–Trinajstić information content (AvgIpc) is 2.70. The lowest BCUT2D eigenvalue weighted by atomic mass is 10.3. The molecular weight excluding hydrogens is 441 g/mol. The van der Waals surface area contributed by atoms with Gasteiger partial charge in [0.2, 0.25) is 0 Å². The summed E-state index contributed by atoms with van der Waals surface area (Å²) in [5, 5.41) is 3.02. The highest BCUT2D eigenvalue weighted by Gasteiger charge is 2.18. The number of benzene rings is 1. The summed E-state index contributed by atoms with van der Waals surface area (Å²) in [5.41, 5.74) is 6.66. The Bertz CT molecular complexity index is 603. The first-order chi connectivity index (χ1) is 10.9. The van der Waals surface area contributed by atoms with E-state index < -0.39 is 10.8 Å². The van der Waals surface area contributed by atoms with Gasteiger partial charge in [-0.1, -0.05) is 0 Å². The van der Waals surface area contributed by atoms with Crippen molar-refractivity contribution in [3.8, 4) is 11.5 Å². The molecule has 0 fully saturated rings. The van der Waals surface area contributed by atoms with Gasteiger partial charge in [-0.15, -0.1) is 24.0 Å². The lowest BCUT2D eigenvalue weighted by Gasteiger charge is -2.16. The van der Waals surface area contributed by atoms with E-state index in [-0.39, 0.29) is 28.7 Å². The maximum absolute atomic E-state index is 11.9. The second kappa shape index (κ2) is 9.45. The van der Waals surface area contributed by atoms with Crippen LogP contribution in [0.15, 0.2) is 23.2 Å². The van der Waals surface area contributed by atoms with E-state index in [0.717, 1.165) is 17.9 Å². The fraction of sp³-hybridized carbons (Fsp3) is 0.562. The van der Waals surface area contributed by atoms with Crippen molar-refractivity contribution in [1.29, 1.82) is 0 Å². The summed E-state index contributed by atoms with van der Waals surface area (Å²) in [4.78, 5) is 4.22. The molecule has 1 aliphatic heterocycles. The summed E-state index contributed by atoms with van der Waals surface area (Å²) in [6, 6.07) is 5.56. The molecule has 6 nitrogen and oxygen atoms in total. The molecule has 0 bridgehead atoms. The third-order valence-corrected chi connectivity index (χ3v) is 5.18. The molecule has 0 spiro atoms. The number of rotatable bonds is 4. The number of anilines is 1. The second-order valence-electron chi connectivity index (χ2n) is 6.27. The van der Waals surface area contributed by atoms with Gasteiger partial charge in [-0.3, -0.25) is 9.20 Å². The number of halogens is 1. The Hall–Kier alpha value is -1.03. The minimum absolute atomic E-state index is 0. The third-order valence-electron chi connectivity index (χ3n) is 3.26. The summed E-state index contributed by atoms with van der Waals surface area (Å²) in [5.74, 6) is 2.23. The first kappa shape index (κ1) is 21.0. The number of aliphatic imine (C=N–C) groups is 1. The van der Waals surface area contributed by atoms with Gasteiger partial charge >= 0.3 is 0 Å². The molecule has 1 aromatic carbocycles. The summed E-state index contributed by atoms with van der Waals surface area (Å²) in [6.07, 6.45) is 0.867. The molecule has 0 saturated carbocycles. The minimum atomic E-state index is -0.931. The molecule has 0 aromatic heterocycles. The van der Waals surface area contributed by atoms with Gasteiger partial charge in [0, 0.05) is 39.5 Å². The van der Waals surface area contributed by atoms with E-state index in [1.165, 1.54) is 0 Å². The largest absolute Gasteiger partial charge is 0.490 e. The van der Waals surface area contributed by atoms with Crippen molar-refractivity contribution >= 4 is 46.4 Å². The van der Waals surface area contributed by atoms with Crippen LogP contribution >= 0.6 is 24.0 Å². The highest BCUT2D eigenvalue weighted by molar-refractivity contribution is 14.0. The normalized spacial score (nSPS) is 15.9. The number of hydrogen-bond acceptors (Lipinski definition) is 4. The number of hydrogen-bond donors (Lipinski definition) is 2. The maximum Gasteiger partial charge on any atom is 0.193 e. The van der Waals surface area contributed by atoms with E-state index in [1.807, 2.05) is 39.0 Å². The molecule has 136 valence electrons. The average molecular weight is 467 g/mol. The zero-order valence-electron chi connectivity index (χ0n) is 14.3. The van der Waals surface area contributed by atoms with Crippen LogP contribution in [-0.4, -0.2) is 40.4 Å². The van der Waals surface area contributed by atoms with Crippen LogP contribution in [0.4, 0.5) is 5.69 Å². The number of nitrogens with two attached hydrogens (primary N) is 1. The first-order valence-electron chi connectivity index (χ1n) is 7.71. The van der Waals surface area contributed by atoms with E-state index in [4.69, 9.17) is 15.2 Å². The van der Waals surface area contributed by atoms with Crippen LogP contribution in [0.1, 0.15) is 27.2 Å². The van der Waals surface area contributed by atoms with Gasteiger partial charge in [-0.05, 0) is 32.9 Å². The highest BCUT2D eigenvalue weighted by atomic mass is 127. The van der Waals surface area contributed by atoms with E-state index in [1.54, 1.807) is 0 Å². The van der Waals surface area contributed by atoms with Crippen LogP contribution in [0.3, 0.4) is 0 Å². The Kier molecular flexibility index (Phi) is 8.28. The van der Waals surface area contributed by atoms with Gasteiger partial charge in [0.05, 0.1) is 19.8 Å². The predicted octanol–water partition coefficient (Wildman–Crippen LogP) is 2.74. The lowest BCUT2D eigenvalue weighted by molar-refractivity contribution is 0.297. The number of nitrogens with one attached hydrogen (secondary N) is 1. The van der Waals surface area contributed by atoms with Gasteiger partial charge in [0.15, 0.2) is 17.5 Å². The third kappa shape index (κ3) is 6.46. The Morgan fingerprint density at radius 2 is 1.96 bits per heavy atom. The van der Waals surface area contributed by atoms with E-state index in [9.17, 15) is 4.21 Å². The SMILES string of the molecule is CC(C)(C)S(=O)CCN=C(N)Nc1ccc2c(c1)OCCCO2.I. The van der Waals surface area contributed by atoms with Gasteiger partial charge in [0.25, 0.3) is 0 Å². The van der Waals surface area contributed by atoms with Gasteiger partial charge in [0.1, 0.15) is 0 Å². The van der Waals surface area contributed by atoms with Crippen LogP contribution in [-0.2, 0) is 10.8 Å². The van der Waals surface area contributed by atoms with Crippen LogP contribution in [0, 0.1) is 0 Å². The molecular formula is C16H26IN3O3S. The van der Waals surface area contributed by atoms with Crippen LogP contribution in [0.5, 0.6) is 11.5 Å².